The van der Waals surface area contributed by atoms with Gasteiger partial charge in [0.25, 0.3) is 0 Å². The van der Waals surface area contributed by atoms with Crippen molar-refractivity contribution in [3.05, 3.63) is 81.0 Å². The second-order valence-corrected chi connectivity index (χ2v) is 10.8. The van der Waals surface area contributed by atoms with Crippen LogP contribution in [-0.4, -0.2) is 24.6 Å². The summed E-state index contributed by atoms with van der Waals surface area (Å²) in [7, 11) is 1.57. The minimum absolute atomic E-state index is 0.0382. The Labute approximate surface area is 214 Å². The van der Waals surface area contributed by atoms with Crippen LogP contribution in [0.1, 0.15) is 38.2 Å². The Morgan fingerprint density at radius 3 is 2.69 bits per heavy atom. The molecule has 35 heavy (non-hydrogen) atoms. The van der Waals surface area contributed by atoms with E-state index in [1.807, 2.05) is 12.1 Å². The molecule has 6 nitrogen and oxygen atoms in total. The monoisotopic (exact) mass is 507 g/mol. The first-order chi connectivity index (χ1) is 16.7. The zero-order valence-corrected chi connectivity index (χ0v) is 21.3. The zero-order valence-electron chi connectivity index (χ0n) is 19.8. The third-order valence-corrected chi connectivity index (χ3v) is 7.30. The lowest BCUT2D eigenvalue weighted by molar-refractivity contribution is -0.118. The minimum Gasteiger partial charge on any atom is -0.497 e. The van der Waals surface area contributed by atoms with Crippen LogP contribution >= 0.6 is 23.4 Å². The molecule has 4 rings (SSSR count). The Hall–Kier alpha value is -3.21. The Bertz CT molecular complexity index is 1280. The summed E-state index contributed by atoms with van der Waals surface area (Å²) in [5.41, 5.74) is 3.14. The number of nitrogens with zero attached hydrogens (tertiary/aromatic N) is 1. The number of dihydropyridines is 1. The number of nitriles is 1. The summed E-state index contributed by atoms with van der Waals surface area (Å²) in [5.74, 6) is 0.0710. The molecular weight excluding hydrogens is 482 g/mol. The molecular formula is C27H26ClN3O3S. The molecule has 8 heteroatoms. The number of benzene rings is 2. The van der Waals surface area contributed by atoms with E-state index in [0.29, 0.717) is 45.5 Å². The molecule has 0 fully saturated rings. The largest absolute Gasteiger partial charge is 0.497 e. The Kier molecular flexibility index (Phi) is 7.25. The number of allylic oxidation sites excluding steroid dienone is 3. The van der Waals surface area contributed by atoms with E-state index in [4.69, 9.17) is 16.3 Å². The fourth-order valence-corrected chi connectivity index (χ4v) is 5.50. The van der Waals surface area contributed by atoms with Crippen LogP contribution in [0.25, 0.3) is 0 Å². The summed E-state index contributed by atoms with van der Waals surface area (Å²) in [6, 6.07) is 16.7. The number of amides is 1. The van der Waals surface area contributed by atoms with Crippen molar-refractivity contribution in [3.63, 3.8) is 0 Å². The summed E-state index contributed by atoms with van der Waals surface area (Å²) in [6.45, 7) is 4.12. The van der Waals surface area contributed by atoms with Crippen LogP contribution in [0, 0.1) is 16.7 Å². The second kappa shape index (κ2) is 10.2. The van der Waals surface area contributed by atoms with Gasteiger partial charge in [0.2, 0.25) is 5.91 Å². The van der Waals surface area contributed by atoms with E-state index in [1.54, 1.807) is 43.5 Å². The highest BCUT2D eigenvalue weighted by Gasteiger charge is 2.41. The van der Waals surface area contributed by atoms with Crippen LogP contribution in [0.15, 0.2) is 70.4 Å². The van der Waals surface area contributed by atoms with Crippen LogP contribution in [0.5, 0.6) is 5.75 Å². The predicted octanol–water partition coefficient (Wildman–Crippen LogP) is 5.79. The molecule has 2 N–H and O–H groups in total. The van der Waals surface area contributed by atoms with Crippen molar-refractivity contribution in [1.82, 2.24) is 5.32 Å². The van der Waals surface area contributed by atoms with E-state index in [0.717, 1.165) is 11.3 Å². The fourth-order valence-electron chi connectivity index (χ4n) is 4.51. The molecule has 180 valence electrons. The first-order valence-electron chi connectivity index (χ1n) is 11.2. The van der Waals surface area contributed by atoms with E-state index < -0.39 is 5.92 Å². The number of rotatable bonds is 6. The van der Waals surface area contributed by atoms with Gasteiger partial charge in [0.15, 0.2) is 5.78 Å². The molecule has 0 aromatic heterocycles. The summed E-state index contributed by atoms with van der Waals surface area (Å²) in [5, 5.41) is 17.5. The second-order valence-electron chi connectivity index (χ2n) is 9.37. The molecule has 0 spiro atoms. The Morgan fingerprint density at radius 2 is 2.00 bits per heavy atom. The van der Waals surface area contributed by atoms with E-state index in [1.165, 1.54) is 11.8 Å². The van der Waals surface area contributed by atoms with Gasteiger partial charge in [-0.2, -0.15) is 5.26 Å². The highest BCUT2D eigenvalue weighted by Crippen LogP contribution is 2.47. The number of carbonyl (C=O) groups is 2. The highest BCUT2D eigenvalue weighted by atomic mass is 35.5. The van der Waals surface area contributed by atoms with Crippen molar-refractivity contribution in [1.29, 1.82) is 5.26 Å². The van der Waals surface area contributed by atoms with Gasteiger partial charge in [-0.1, -0.05) is 55.4 Å². The lowest BCUT2D eigenvalue weighted by atomic mass is 9.69. The third-order valence-electron chi connectivity index (χ3n) is 6.03. The van der Waals surface area contributed by atoms with Crippen LogP contribution in [0.2, 0.25) is 5.02 Å². The fraction of sp³-hybridized carbons (Fsp3) is 0.296. The Morgan fingerprint density at radius 1 is 1.26 bits per heavy atom. The number of ketones is 1. The molecule has 2 aromatic rings. The first-order valence-corrected chi connectivity index (χ1v) is 12.6. The normalized spacial score (nSPS) is 18.9. The van der Waals surface area contributed by atoms with Crippen LogP contribution < -0.4 is 15.4 Å². The van der Waals surface area contributed by atoms with Crippen molar-refractivity contribution in [3.8, 4) is 11.8 Å². The van der Waals surface area contributed by atoms with E-state index in [9.17, 15) is 14.9 Å². The number of thioether (sulfide) groups is 1. The SMILES string of the molecule is COc1cccc(NC(=O)CSC2=C(C#N)[C@@H](c3ccc(Cl)cc3)C3=C(CC(C)(C)CC3=O)N2)c1. The number of hydrogen-bond donors (Lipinski definition) is 2. The molecule has 1 heterocycles. The van der Waals surface area contributed by atoms with Gasteiger partial charge in [-0.3, -0.25) is 9.59 Å². The van der Waals surface area contributed by atoms with Crippen molar-refractivity contribution >= 4 is 40.7 Å². The molecule has 0 unspecified atom stereocenters. The maximum Gasteiger partial charge on any atom is 0.234 e. The van der Waals surface area contributed by atoms with Gasteiger partial charge in [0.1, 0.15) is 5.75 Å². The number of carbonyl (C=O) groups excluding carboxylic acids is 2. The number of Topliss-reactive ketones (excluding diaryl/α,β-unsaturated/α-hetero) is 1. The molecule has 1 atom stereocenters. The highest BCUT2D eigenvalue weighted by molar-refractivity contribution is 8.03. The van der Waals surface area contributed by atoms with Crippen LogP contribution in [0.4, 0.5) is 5.69 Å². The van der Waals surface area contributed by atoms with Crippen molar-refractivity contribution in [2.24, 2.45) is 5.41 Å². The predicted molar refractivity (Wildman–Crippen MR) is 139 cm³/mol. The van der Waals surface area contributed by atoms with E-state index in [-0.39, 0.29) is 22.9 Å². The number of anilines is 1. The van der Waals surface area contributed by atoms with Gasteiger partial charge >= 0.3 is 0 Å². The molecule has 2 aromatic carbocycles. The summed E-state index contributed by atoms with van der Waals surface area (Å²) in [6.07, 6.45) is 1.10. The average Bonchev–Trinajstić information content (AvgIpc) is 2.81. The molecule has 0 saturated carbocycles. The molecule has 0 saturated heterocycles. The van der Waals surface area contributed by atoms with Crippen molar-refractivity contribution in [2.45, 2.75) is 32.6 Å². The Balaban J connectivity index is 1.63. The van der Waals surface area contributed by atoms with E-state index >= 15 is 0 Å². The van der Waals surface area contributed by atoms with Gasteiger partial charge in [-0.05, 0) is 41.7 Å². The lowest BCUT2D eigenvalue weighted by Gasteiger charge is -2.39. The summed E-state index contributed by atoms with van der Waals surface area (Å²) in [4.78, 5) is 25.9. The van der Waals surface area contributed by atoms with Crippen LogP contribution in [0.3, 0.4) is 0 Å². The number of hydrogen-bond acceptors (Lipinski definition) is 6. The molecule has 2 aliphatic rings. The quantitative estimate of drug-likeness (QED) is 0.514. The molecule has 0 bridgehead atoms. The smallest absolute Gasteiger partial charge is 0.234 e. The molecule has 1 aliphatic heterocycles. The molecule has 1 aliphatic carbocycles. The van der Waals surface area contributed by atoms with Gasteiger partial charge < -0.3 is 15.4 Å². The number of nitrogens with one attached hydrogen (secondary N) is 2. The van der Waals surface area contributed by atoms with Gasteiger partial charge in [0.05, 0.1) is 35.5 Å². The first kappa shape index (κ1) is 24.9. The topological polar surface area (TPSA) is 91.2 Å². The van der Waals surface area contributed by atoms with Gasteiger partial charge in [-0.15, -0.1) is 0 Å². The molecule has 1 amide bonds. The van der Waals surface area contributed by atoms with Crippen LogP contribution in [-0.2, 0) is 9.59 Å². The van der Waals surface area contributed by atoms with Gasteiger partial charge in [0, 0.05) is 34.5 Å². The average molecular weight is 508 g/mol. The summed E-state index contributed by atoms with van der Waals surface area (Å²) < 4.78 is 5.21. The maximum atomic E-state index is 13.2. The minimum atomic E-state index is -0.499. The standard InChI is InChI=1S/C27H26ClN3O3S/c1-27(2)12-21-25(22(32)13-27)24(16-7-9-17(28)10-8-16)20(14-29)26(31-21)35-15-23(33)30-18-5-4-6-19(11-18)34-3/h4-11,24,31H,12-13,15H2,1-3H3,(H,30,33)/t24-/m1/s1. The number of methoxy groups -OCH3 is 1. The lowest BCUT2D eigenvalue weighted by Crippen LogP contribution is -2.37. The van der Waals surface area contributed by atoms with Crippen molar-refractivity contribution < 1.29 is 14.3 Å². The number of ether oxygens (including phenoxy) is 1. The van der Waals surface area contributed by atoms with Crippen molar-refractivity contribution in [2.75, 3.05) is 18.2 Å². The molecule has 0 radical (unpaired) electrons. The van der Waals surface area contributed by atoms with Gasteiger partial charge in [-0.25, -0.2) is 0 Å². The zero-order chi connectivity index (χ0) is 25.2. The third kappa shape index (κ3) is 5.55. The van der Waals surface area contributed by atoms with E-state index in [2.05, 4.69) is 30.6 Å². The summed E-state index contributed by atoms with van der Waals surface area (Å²) >= 11 is 7.36. The number of halogens is 1. The maximum absolute atomic E-state index is 13.2.